The second-order valence-corrected chi connectivity index (χ2v) is 10.9. The van der Waals surface area contributed by atoms with Crippen LogP contribution < -0.4 is 21.3 Å². The molecule has 12 nitrogen and oxygen atoms in total. The maximum absolute atomic E-state index is 14.7. The number of carbonyl (C=O) groups is 2. The molecular formula is C31H30ClFN10O2. The van der Waals surface area contributed by atoms with Crippen LogP contribution in [0.1, 0.15) is 54.1 Å². The van der Waals surface area contributed by atoms with E-state index in [1.54, 1.807) is 38.4 Å². The Morgan fingerprint density at radius 3 is 2.82 bits per heavy atom. The third-order valence-corrected chi connectivity index (χ3v) is 7.83. The highest BCUT2D eigenvalue weighted by molar-refractivity contribution is 6.30. The lowest BCUT2D eigenvalue weighted by atomic mass is 9.95. The zero-order valence-corrected chi connectivity index (χ0v) is 25.5. The van der Waals surface area contributed by atoms with Crippen molar-refractivity contribution in [2.75, 3.05) is 17.7 Å². The number of rotatable bonds is 4. The molecule has 0 fully saturated rings. The van der Waals surface area contributed by atoms with Crippen LogP contribution in [0.2, 0.25) is 5.02 Å². The monoisotopic (exact) mass is 628 g/mol. The summed E-state index contributed by atoms with van der Waals surface area (Å²) in [5.74, 6) is -1.38. The van der Waals surface area contributed by atoms with Crippen molar-refractivity contribution in [1.29, 1.82) is 5.26 Å². The summed E-state index contributed by atoms with van der Waals surface area (Å²) in [6, 6.07) is 13.1. The Kier molecular flexibility index (Phi) is 9.34. The minimum absolute atomic E-state index is 0.0376. The number of aromatic nitrogens is 4. The Morgan fingerprint density at radius 1 is 1.22 bits per heavy atom. The van der Waals surface area contributed by atoms with Gasteiger partial charge in [0.1, 0.15) is 5.69 Å². The number of benzene rings is 2. The van der Waals surface area contributed by atoms with Crippen molar-refractivity contribution in [2.24, 2.45) is 10.9 Å². The van der Waals surface area contributed by atoms with Crippen molar-refractivity contribution in [3.05, 3.63) is 82.6 Å². The Morgan fingerprint density at radius 2 is 2.04 bits per heavy atom. The molecule has 14 heteroatoms. The fourth-order valence-electron chi connectivity index (χ4n) is 5.08. The van der Waals surface area contributed by atoms with Gasteiger partial charge in [-0.15, -0.1) is 5.10 Å². The quantitative estimate of drug-likeness (QED) is 0.105. The van der Waals surface area contributed by atoms with Gasteiger partial charge in [-0.1, -0.05) is 42.3 Å². The number of pyridine rings is 1. The standard InChI is InChI=1S/C31H30ClFN10O2/c1-17-6-4-8-23(39-30(45)28-18(2)43(42-41-28)26-9-5-7-22(32)27(26)33)25-14-19(12-13-36-25)21-11-10-20(15-24(21)40-29(17)44)38-31(35-3)37-16-34/h5,7,9-15,17,23H,4,6,8H2,1-3H3,(H,39,45)(H,40,44)(H2,35,37,38)/t17-,23+/m1/s1. The average Bonchev–Trinajstić information content (AvgIpc) is 3.42. The van der Waals surface area contributed by atoms with E-state index in [4.69, 9.17) is 16.9 Å². The van der Waals surface area contributed by atoms with Gasteiger partial charge in [0.2, 0.25) is 11.9 Å². The van der Waals surface area contributed by atoms with Gasteiger partial charge in [-0.25, -0.2) is 9.07 Å². The minimum atomic E-state index is -0.668. The molecule has 1 aliphatic heterocycles. The number of hydrogen-bond acceptors (Lipinski definition) is 7. The van der Waals surface area contributed by atoms with E-state index in [2.05, 4.69) is 41.6 Å². The molecule has 4 N–H and O–H groups in total. The summed E-state index contributed by atoms with van der Waals surface area (Å²) in [5.41, 5.74) is 3.76. The predicted molar refractivity (Wildman–Crippen MR) is 168 cm³/mol. The number of halogens is 2. The number of hydrogen-bond donors (Lipinski definition) is 4. The van der Waals surface area contributed by atoms with E-state index in [0.717, 1.165) is 11.1 Å². The van der Waals surface area contributed by atoms with Gasteiger partial charge in [-0.2, -0.15) is 5.26 Å². The van der Waals surface area contributed by atoms with Crippen LogP contribution >= 0.6 is 11.6 Å². The summed E-state index contributed by atoms with van der Waals surface area (Å²) in [6.45, 7) is 3.48. The highest BCUT2D eigenvalue weighted by Gasteiger charge is 2.25. The topological polar surface area (TPSA) is 162 Å². The molecule has 45 heavy (non-hydrogen) atoms. The molecule has 0 unspecified atom stereocenters. The van der Waals surface area contributed by atoms with E-state index >= 15 is 0 Å². The zero-order valence-electron chi connectivity index (χ0n) is 24.7. The summed E-state index contributed by atoms with van der Waals surface area (Å²) >= 11 is 5.95. The van der Waals surface area contributed by atoms with Crippen LogP contribution in [-0.2, 0) is 4.79 Å². The summed E-state index contributed by atoms with van der Waals surface area (Å²) in [6.07, 6.45) is 5.17. The molecule has 0 saturated heterocycles. The number of nitrogens with one attached hydrogen (secondary N) is 4. The molecule has 0 spiro atoms. The summed E-state index contributed by atoms with van der Waals surface area (Å²) in [7, 11) is 1.54. The molecule has 230 valence electrons. The van der Waals surface area contributed by atoms with Crippen molar-refractivity contribution in [3.8, 4) is 23.0 Å². The number of anilines is 2. The smallest absolute Gasteiger partial charge is 0.274 e. The second kappa shape index (κ2) is 13.5. The number of carbonyl (C=O) groups excluding carboxylic acids is 2. The highest BCUT2D eigenvalue weighted by atomic mass is 35.5. The normalized spacial score (nSPS) is 16.7. The molecule has 4 aromatic rings. The summed E-state index contributed by atoms with van der Waals surface area (Å²) in [5, 5.41) is 28.5. The molecule has 1 aliphatic rings. The lowest BCUT2D eigenvalue weighted by Gasteiger charge is -2.22. The van der Waals surface area contributed by atoms with E-state index < -0.39 is 17.8 Å². The van der Waals surface area contributed by atoms with E-state index in [1.165, 1.54) is 16.8 Å². The highest BCUT2D eigenvalue weighted by Crippen LogP contribution is 2.34. The van der Waals surface area contributed by atoms with Crippen LogP contribution in [0.25, 0.3) is 16.8 Å². The molecule has 0 radical (unpaired) electrons. The molecule has 0 aliphatic carbocycles. The van der Waals surface area contributed by atoms with Gasteiger partial charge in [0.25, 0.3) is 5.91 Å². The van der Waals surface area contributed by atoms with E-state index in [1.807, 2.05) is 31.3 Å². The van der Waals surface area contributed by atoms with Gasteiger partial charge < -0.3 is 16.0 Å². The Hall–Kier alpha value is -5.35. The Labute approximate surface area is 263 Å². The van der Waals surface area contributed by atoms with E-state index in [9.17, 15) is 14.0 Å². The maximum Gasteiger partial charge on any atom is 0.274 e. The number of nitrogens with zero attached hydrogens (tertiary/aromatic N) is 6. The van der Waals surface area contributed by atoms with Gasteiger partial charge in [0.05, 0.1) is 28.1 Å². The molecular weight excluding hydrogens is 599 g/mol. The molecule has 2 atom stereocenters. The molecule has 5 rings (SSSR count). The summed E-state index contributed by atoms with van der Waals surface area (Å²) in [4.78, 5) is 35.3. The van der Waals surface area contributed by atoms with Crippen LogP contribution in [0.4, 0.5) is 15.8 Å². The van der Waals surface area contributed by atoms with Gasteiger partial charge in [-0.05, 0) is 61.7 Å². The van der Waals surface area contributed by atoms with Gasteiger partial charge >= 0.3 is 0 Å². The van der Waals surface area contributed by atoms with Crippen LogP contribution in [-0.4, -0.2) is 44.8 Å². The van der Waals surface area contributed by atoms with Crippen molar-refractivity contribution < 1.29 is 14.0 Å². The first-order valence-electron chi connectivity index (χ1n) is 14.2. The average molecular weight is 629 g/mol. The van der Waals surface area contributed by atoms with E-state index in [-0.39, 0.29) is 34.2 Å². The molecule has 2 aromatic carbocycles. The molecule has 2 aromatic heterocycles. The number of guanidine groups is 1. The van der Waals surface area contributed by atoms with Crippen LogP contribution in [0.3, 0.4) is 0 Å². The van der Waals surface area contributed by atoms with Crippen LogP contribution in [0, 0.1) is 30.1 Å². The lowest BCUT2D eigenvalue weighted by molar-refractivity contribution is -0.119. The Bertz CT molecular complexity index is 1830. The third-order valence-electron chi connectivity index (χ3n) is 7.54. The first kappa shape index (κ1) is 31.1. The predicted octanol–water partition coefficient (Wildman–Crippen LogP) is 5.13. The largest absolute Gasteiger partial charge is 0.342 e. The van der Waals surface area contributed by atoms with Crippen molar-refractivity contribution in [3.63, 3.8) is 0 Å². The zero-order chi connectivity index (χ0) is 32.1. The SMILES string of the molecule is CN=C(NC#N)Nc1ccc2c(c1)NC(=O)[C@H](C)CCC[C@H](NC(=O)c1nnn(-c3cccc(Cl)c3F)c1C)c1cc-2ccn1. The van der Waals surface area contributed by atoms with Gasteiger partial charge in [0.15, 0.2) is 17.7 Å². The maximum atomic E-state index is 14.7. The minimum Gasteiger partial charge on any atom is -0.342 e. The fraction of sp³-hybridized carbons (Fsp3) is 0.258. The lowest BCUT2D eigenvalue weighted by Crippen LogP contribution is -2.30. The van der Waals surface area contributed by atoms with Crippen molar-refractivity contribution >= 4 is 40.7 Å². The first-order valence-corrected chi connectivity index (χ1v) is 14.6. The second-order valence-electron chi connectivity index (χ2n) is 10.5. The van der Waals surface area contributed by atoms with Crippen molar-refractivity contribution in [2.45, 2.75) is 39.2 Å². The number of aliphatic imine (C=N–C) groups is 1. The van der Waals surface area contributed by atoms with Crippen molar-refractivity contribution in [1.82, 2.24) is 30.6 Å². The van der Waals surface area contributed by atoms with Crippen LogP contribution in [0.15, 0.2) is 59.7 Å². The fourth-order valence-corrected chi connectivity index (χ4v) is 5.25. The molecule has 3 heterocycles. The van der Waals surface area contributed by atoms with Gasteiger partial charge in [0, 0.05) is 30.4 Å². The number of amides is 2. The van der Waals surface area contributed by atoms with Crippen LogP contribution in [0.5, 0.6) is 0 Å². The molecule has 2 bridgehead atoms. The molecule has 2 amide bonds. The number of fused-ring (bicyclic) bond motifs is 4. The number of nitriles is 1. The third kappa shape index (κ3) is 6.76. The van der Waals surface area contributed by atoms with Gasteiger partial charge in [-0.3, -0.25) is 24.9 Å². The van der Waals surface area contributed by atoms with E-state index in [0.29, 0.717) is 42.0 Å². The first-order chi connectivity index (χ1) is 21.7. The summed E-state index contributed by atoms with van der Waals surface area (Å²) < 4.78 is 15.9. The Balaban J connectivity index is 1.48. The molecule has 0 saturated carbocycles.